The van der Waals surface area contributed by atoms with E-state index in [1.807, 2.05) is 0 Å². The number of amides is 1. The van der Waals surface area contributed by atoms with E-state index in [9.17, 15) is 19.5 Å². The zero-order valence-corrected chi connectivity index (χ0v) is 19.1. The fraction of sp³-hybridized carbons (Fsp3) is 0.875. The van der Waals surface area contributed by atoms with Gasteiger partial charge in [-0.05, 0) is 12.8 Å². The predicted molar refractivity (Wildman–Crippen MR) is 119 cm³/mol. The molecule has 0 bridgehead atoms. The zero-order chi connectivity index (χ0) is 21.9. The van der Waals surface area contributed by atoms with Gasteiger partial charge in [-0.3, -0.25) is 9.59 Å². The number of carbonyl (C=O) groups is 3. The van der Waals surface area contributed by atoms with Gasteiger partial charge in [0.2, 0.25) is 5.91 Å². The van der Waals surface area contributed by atoms with Crippen LogP contribution in [0.5, 0.6) is 0 Å². The fourth-order valence-electron chi connectivity index (χ4n) is 3.40. The van der Waals surface area contributed by atoms with Crippen LogP contribution in [0.15, 0.2) is 0 Å². The van der Waals surface area contributed by atoms with Crippen LogP contribution in [0.2, 0.25) is 0 Å². The molecule has 2 N–H and O–H groups in total. The normalized spacial score (nSPS) is 12.1. The molecule has 0 radical (unpaired) electrons. The maximum absolute atomic E-state index is 12.0. The van der Waals surface area contributed by atoms with E-state index < -0.39 is 12.0 Å². The zero-order valence-electron chi connectivity index (χ0n) is 19.1. The number of unbranched alkanes of at least 4 members (excludes halogenated alkanes) is 12. The highest BCUT2D eigenvalue weighted by molar-refractivity contribution is 5.85. The number of Topliss-reactive ketones (excluding diaryl/α,β-unsaturated/α-hetero) is 1. The monoisotopic (exact) mass is 411 g/mol. The minimum Gasteiger partial charge on any atom is -0.480 e. The van der Waals surface area contributed by atoms with Crippen molar-refractivity contribution in [3.05, 3.63) is 0 Å². The lowest BCUT2D eigenvalue weighted by Crippen LogP contribution is -2.41. The standard InChI is InChI=1S/C24H45NO4/c1-4-5-6-7-8-9-10-11-12-13-14-15-16-17-23(27)25-21(24(28)29)18-19-22(26)20(2)3/h20-21H,4-19H2,1-3H3,(H,25,27)(H,28,29). The molecule has 0 heterocycles. The molecule has 0 aromatic carbocycles. The second-order valence-corrected chi connectivity index (χ2v) is 8.61. The molecular weight excluding hydrogens is 366 g/mol. The quantitative estimate of drug-likeness (QED) is 0.239. The summed E-state index contributed by atoms with van der Waals surface area (Å²) in [5, 5.41) is 11.8. The Bertz CT molecular complexity index is 448. The summed E-state index contributed by atoms with van der Waals surface area (Å²) >= 11 is 0. The number of hydrogen-bond acceptors (Lipinski definition) is 3. The number of hydrogen-bond donors (Lipinski definition) is 2. The molecular formula is C24H45NO4. The Balaban J connectivity index is 3.64. The molecule has 0 spiro atoms. The number of rotatable bonds is 20. The van der Waals surface area contributed by atoms with Gasteiger partial charge in [-0.1, -0.05) is 97.8 Å². The molecule has 1 unspecified atom stereocenters. The first kappa shape index (κ1) is 27.6. The van der Waals surface area contributed by atoms with E-state index in [2.05, 4.69) is 12.2 Å². The SMILES string of the molecule is CCCCCCCCCCCCCCCC(=O)NC(CCC(=O)C(C)C)C(=O)O. The number of carboxylic acids is 1. The van der Waals surface area contributed by atoms with E-state index in [0.29, 0.717) is 6.42 Å². The summed E-state index contributed by atoms with van der Waals surface area (Å²) in [5.74, 6) is -1.37. The maximum Gasteiger partial charge on any atom is 0.326 e. The number of aliphatic carboxylic acids is 1. The smallest absolute Gasteiger partial charge is 0.326 e. The van der Waals surface area contributed by atoms with Crippen molar-refractivity contribution in [3.8, 4) is 0 Å². The lowest BCUT2D eigenvalue weighted by atomic mass is 10.0. The van der Waals surface area contributed by atoms with Crippen molar-refractivity contribution in [1.29, 1.82) is 0 Å². The van der Waals surface area contributed by atoms with Crippen LogP contribution in [0.25, 0.3) is 0 Å². The Morgan fingerprint density at radius 3 is 1.59 bits per heavy atom. The minimum absolute atomic E-state index is 0.0296. The molecule has 1 atom stereocenters. The van der Waals surface area contributed by atoms with Gasteiger partial charge in [0, 0.05) is 18.8 Å². The highest BCUT2D eigenvalue weighted by atomic mass is 16.4. The molecule has 0 fully saturated rings. The van der Waals surface area contributed by atoms with Gasteiger partial charge < -0.3 is 10.4 Å². The first-order valence-corrected chi connectivity index (χ1v) is 11.9. The molecule has 170 valence electrons. The molecule has 0 aliphatic heterocycles. The van der Waals surface area contributed by atoms with E-state index >= 15 is 0 Å². The summed E-state index contributed by atoms with van der Waals surface area (Å²) in [7, 11) is 0. The van der Waals surface area contributed by atoms with Crippen molar-refractivity contribution in [3.63, 3.8) is 0 Å². The second kappa shape index (κ2) is 18.6. The summed E-state index contributed by atoms with van der Waals surface area (Å²) < 4.78 is 0. The number of carboxylic acid groups (broad SMARTS) is 1. The Morgan fingerprint density at radius 2 is 1.17 bits per heavy atom. The van der Waals surface area contributed by atoms with E-state index in [0.717, 1.165) is 19.3 Å². The molecule has 0 rings (SSSR count). The van der Waals surface area contributed by atoms with Crippen molar-refractivity contribution in [1.82, 2.24) is 5.32 Å². The minimum atomic E-state index is -1.07. The molecule has 5 heteroatoms. The molecule has 29 heavy (non-hydrogen) atoms. The lowest BCUT2D eigenvalue weighted by Gasteiger charge is -2.14. The van der Waals surface area contributed by atoms with Crippen molar-refractivity contribution in [2.45, 2.75) is 130 Å². The topological polar surface area (TPSA) is 83.5 Å². The van der Waals surface area contributed by atoms with Crippen LogP contribution < -0.4 is 5.32 Å². The highest BCUT2D eigenvalue weighted by Crippen LogP contribution is 2.13. The molecule has 0 saturated carbocycles. The van der Waals surface area contributed by atoms with Crippen molar-refractivity contribution >= 4 is 17.7 Å². The Morgan fingerprint density at radius 1 is 0.724 bits per heavy atom. The van der Waals surface area contributed by atoms with E-state index in [4.69, 9.17) is 0 Å². The van der Waals surface area contributed by atoms with Gasteiger partial charge in [0.05, 0.1) is 0 Å². The van der Waals surface area contributed by atoms with Crippen LogP contribution in [0.3, 0.4) is 0 Å². The first-order chi connectivity index (χ1) is 13.9. The summed E-state index contributed by atoms with van der Waals surface area (Å²) in [6.07, 6.45) is 16.9. The third-order valence-corrected chi connectivity index (χ3v) is 5.46. The fourth-order valence-corrected chi connectivity index (χ4v) is 3.40. The lowest BCUT2D eigenvalue weighted by molar-refractivity contribution is -0.142. The summed E-state index contributed by atoms with van der Waals surface area (Å²) in [5.41, 5.74) is 0. The highest BCUT2D eigenvalue weighted by Gasteiger charge is 2.21. The summed E-state index contributed by atoms with van der Waals surface area (Å²) in [6, 6.07) is -0.966. The average molecular weight is 412 g/mol. The molecule has 1 amide bonds. The van der Waals surface area contributed by atoms with Gasteiger partial charge in [-0.25, -0.2) is 4.79 Å². The molecule has 0 aliphatic rings. The molecule has 0 aromatic rings. The number of ketones is 1. The molecule has 5 nitrogen and oxygen atoms in total. The van der Waals surface area contributed by atoms with Gasteiger partial charge in [-0.15, -0.1) is 0 Å². The van der Waals surface area contributed by atoms with Crippen LogP contribution >= 0.6 is 0 Å². The van der Waals surface area contributed by atoms with Gasteiger partial charge >= 0.3 is 5.97 Å². The summed E-state index contributed by atoms with van der Waals surface area (Å²) in [6.45, 7) is 5.84. The molecule has 0 saturated heterocycles. The predicted octanol–water partition coefficient (Wildman–Crippen LogP) is 6.04. The second-order valence-electron chi connectivity index (χ2n) is 8.61. The van der Waals surface area contributed by atoms with E-state index in [-0.39, 0.29) is 30.4 Å². The van der Waals surface area contributed by atoms with Gasteiger partial charge in [0.1, 0.15) is 11.8 Å². The third kappa shape index (κ3) is 17.2. The van der Waals surface area contributed by atoms with Gasteiger partial charge in [-0.2, -0.15) is 0 Å². The number of carbonyl (C=O) groups excluding carboxylic acids is 2. The Labute approximate surface area is 178 Å². The molecule has 0 aliphatic carbocycles. The average Bonchev–Trinajstić information content (AvgIpc) is 2.68. The molecule has 0 aromatic heterocycles. The van der Waals surface area contributed by atoms with Crippen LogP contribution in [0, 0.1) is 5.92 Å². The van der Waals surface area contributed by atoms with Gasteiger partial charge in [0.25, 0.3) is 0 Å². The first-order valence-electron chi connectivity index (χ1n) is 11.9. The maximum atomic E-state index is 12.0. The van der Waals surface area contributed by atoms with E-state index in [1.54, 1.807) is 13.8 Å². The summed E-state index contributed by atoms with van der Waals surface area (Å²) in [4.78, 5) is 34.9. The van der Waals surface area contributed by atoms with Gasteiger partial charge in [0.15, 0.2) is 0 Å². The van der Waals surface area contributed by atoms with Crippen molar-refractivity contribution in [2.24, 2.45) is 5.92 Å². The van der Waals surface area contributed by atoms with Crippen LogP contribution in [0.1, 0.15) is 124 Å². The Kier molecular flexibility index (Phi) is 17.7. The largest absolute Gasteiger partial charge is 0.480 e. The third-order valence-electron chi connectivity index (χ3n) is 5.46. The van der Waals surface area contributed by atoms with E-state index in [1.165, 1.54) is 64.2 Å². The number of nitrogens with one attached hydrogen (secondary N) is 1. The van der Waals surface area contributed by atoms with Crippen LogP contribution in [-0.2, 0) is 14.4 Å². The van der Waals surface area contributed by atoms with Crippen LogP contribution in [-0.4, -0.2) is 28.8 Å². The van der Waals surface area contributed by atoms with Crippen molar-refractivity contribution in [2.75, 3.05) is 0 Å². The Hall–Kier alpha value is -1.39. The van der Waals surface area contributed by atoms with Crippen LogP contribution in [0.4, 0.5) is 0 Å². The van der Waals surface area contributed by atoms with Crippen molar-refractivity contribution < 1.29 is 19.5 Å².